The van der Waals surface area contributed by atoms with Crippen molar-refractivity contribution in [2.75, 3.05) is 54.6 Å². The highest BCUT2D eigenvalue weighted by Gasteiger charge is 2.53. The molecule has 1 aliphatic carbocycles. The van der Waals surface area contributed by atoms with Gasteiger partial charge in [-0.25, -0.2) is 4.79 Å². The predicted octanol–water partition coefficient (Wildman–Crippen LogP) is 7.94. The standard InChI is InChI=1S/C59H94N2O13/c1-37-17-13-12-14-18-38(2)50(69-9)35-46-22-20-43(7)59(68,74-46)56(65)57(66)61-27-16-15-19-47(61)58(67)73-51(36-48(62)39(3)32-42(6)54(64)55(71-11)53(63)41(5)31-37)40(4)33-45-21-23-49(52(34-45)70-10)72-30-26-44-24-28-60(8)29-25-44/h12-14,17-18,32,37,39-41,43-47,49-52,54-55,64,68H,15-16,19-31,33-36H2,1-11H3/b14-12?,17-13+,38-18?,42-32+/t37-,39-,40-,41-,43-,45+,46+,47+,49-,50+,51+,52-,54-,55+,59-/m1/s1. The number of aliphatic hydroxyl groups excluding tert-OH is 1. The van der Waals surface area contributed by atoms with Crippen LogP contribution >= 0.6 is 0 Å². The van der Waals surface area contributed by atoms with Crippen molar-refractivity contribution < 1.29 is 62.6 Å². The fourth-order valence-corrected chi connectivity index (χ4v) is 12.0. The van der Waals surface area contributed by atoms with Crippen LogP contribution in [0.3, 0.4) is 0 Å². The maximum absolute atomic E-state index is 14.6. The van der Waals surface area contributed by atoms with Crippen molar-refractivity contribution in [1.29, 1.82) is 0 Å². The first kappa shape index (κ1) is 61.4. The van der Waals surface area contributed by atoms with Gasteiger partial charge in [-0.15, -0.1) is 0 Å². The fraction of sp³-hybridized carbons (Fsp3) is 0.780. The second-order valence-corrected chi connectivity index (χ2v) is 23.0. The first-order chi connectivity index (χ1) is 35.2. The van der Waals surface area contributed by atoms with Crippen LogP contribution in [0.4, 0.5) is 0 Å². The van der Waals surface area contributed by atoms with Gasteiger partial charge in [0.05, 0.1) is 24.4 Å². The molecule has 4 heterocycles. The van der Waals surface area contributed by atoms with Crippen LogP contribution < -0.4 is 0 Å². The second-order valence-electron chi connectivity index (χ2n) is 23.0. The molecule has 5 rings (SSSR count). The van der Waals surface area contributed by atoms with Crippen molar-refractivity contribution in [2.45, 2.75) is 199 Å². The molecule has 0 aromatic carbocycles. The van der Waals surface area contributed by atoms with E-state index in [1.165, 1.54) is 24.9 Å². The van der Waals surface area contributed by atoms with Gasteiger partial charge in [-0.1, -0.05) is 71.1 Å². The molecule has 0 radical (unpaired) electrons. The Morgan fingerprint density at radius 3 is 2.22 bits per heavy atom. The van der Waals surface area contributed by atoms with Crippen LogP contribution in [0.25, 0.3) is 0 Å². The van der Waals surface area contributed by atoms with Crippen LogP contribution in [-0.2, 0) is 52.4 Å². The van der Waals surface area contributed by atoms with Crippen molar-refractivity contribution in [2.24, 2.45) is 41.4 Å². The van der Waals surface area contributed by atoms with E-state index >= 15 is 0 Å². The average Bonchev–Trinajstić information content (AvgIpc) is 3.38. The predicted molar refractivity (Wildman–Crippen MR) is 284 cm³/mol. The van der Waals surface area contributed by atoms with E-state index in [1.807, 2.05) is 58.1 Å². The summed E-state index contributed by atoms with van der Waals surface area (Å²) in [5, 5.41) is 23.6. The van der Waals surface area contributed by atoms with Gasteiger partial charge >= 0.3 is 5.97 Å². The zero-order valence-electron chi connectivity index (χ0n) is 46.8. The summed E-state index contributed by atoms with van der Waals surface area (Å²) in [5.41, 5.74) is 1.29. The molecule has 1 saturated carbocycles. The topological polar surface area (TPSA) is 188 Å². The van der Waals surface area contributed by atoms with E-state index in [1.54, 1.807) is 41.1 Å². The number of piperidine rings is 2. The number of Topliss-reactive ketones (excluding diaryl/α,β-unsaturated/α-hetero) is 3. The number of rotatable bonds is 10. The number of hydrogen-bond acceptors (Lipinski definition) is 14. The minimum Gasteiger partial charge on any atom is -0.460 e. The van der Waals surface area contributed by atoms with E-state index in [4.69, 9.17) is 28.4 Å². The molecule has 15 nitrogen and oxygen atoms in total. The lowest BCUT2D eigenvalue weighted by molar-refractivity contribution is -0.265. The zero-order chi connectivity index (χ0) is 54.3. The highest BCUT2D eigenvalue weighted by atomic mass is 16.6. The number of allylic oxidation sites excluding steroid dienone is 6. The van der Waals surface area contributed by atoms with E-state index in [9.17, 15) is 34.2 Å². The van der Waals surface area contributed by atoms with E-state index in [-0.39, 0.29) is 60.9 Å². The molecule has 0 unspecified atom stereocenters. The van der Waals surface area contributed by atoms with Crippen molar-refractivity contribution in [3.05, 3.63) is 47.6 Å². The van der Waals surface area contributed by atoms with Gasteiger partial charge in [0.1, 0.15) is 30.1 Å². The van der Waals surface area contributed by atoms with E-state index in [0.29, 0.717) is 63.0 Å². The number of nitrogens with zero attached hydrogens (tertiary/aromatic N) is 2. The molecule has 418 valence electrons. The van der Waals surface area contributed by atoms with Crippen molar-refractivity contribution in [3.8, 4) is 0 Å². The quantitative estimate of drug-likeness (QED) is 0.122. The fourth-order valence-electron chi connectivity index (χ4n) is 12.0. The van der Waals surface area contributed by atoms with Gasteiger partial charge in [-0.3, -0.25) is 19.2 Å². The molecule has 2 N–H and O–H groups in total. The third-order valence-electron chi connectivity index (χ3n) is 17.1. The smallest absolute Gasteiger partial charge is 0.329 e. The summed E-state index contributed by atoms with van der Waals surface area (Å²) >= 11 is 0. The molecule has 4 aliphatic heterocycles. The summed E-state index contributed by atoms with van der Waals surface area (Å²) in [5.74, 6) is -7.05. The molecule has 2 bridgehead atoms. The Hall–Kier alpha value is -3.41. The number of hydrogen-bond donors (Lipinski definition) is 2. The molecule has 1 amide bonds. The van der Waals surface area contributed by atoms with Crippen LogP contribution in [0.5, 0.6) is 0 Å². The molecule has 15 atom stereocenters. The largest absolute Gasteiger partial charge is 0.460 e. The minimum atomic E-state index is -2.42. The summed E-state index contributed by atoms with van der Waals surface area (Å²) < 4.78 is 36.6. The van der Waals surface area contributed by atoms with Gasteiger partial charge in [-0.05, 0) is 152 Å². The number of likely N-dealkylation sites (tertiary alicyclic amines) is 1. The SMILES string of the molecule is CO[C@H]1C[C@@H]2CC[C@@H](C)[C@@](O)(O2)C(=O)C(=O)N2CCCC[C@H]2C(=O)O[C@H]([C@H](C)C[C@@H]2CC[C@@H](OCCC3CCN(C)CC3)[C@H](OC)C2)CC(=O)[C@H](C)/C=C(\C)[C@@H](O)[C@@H](OC)C(=O)[C@H](C)C[C@H](C)/C=C/C=CC=C1C. The monoisotopic (exact) mass is 1040 g/mol. The minimum absolute atomic E-state index is 0.0222. The maximum atomic E-state index is 14.6. The second kappa shape index (κ2) is 29.4. The van der Waals surface area contributed by atoms with Crippen LogP contribution in [-0.4, -0.2) is 158 Å². The Morgan fingerprint density at radius 1 is 0.797 bits per heavy atom. The van der Waals surface area contributed by atoms with Crippen LogP contribution in [0.1, 0.15) is 145 Å². The average molecular weight is 1040 g/mol. The van der Waals surface area contributed by atoms with Crippen LogP contribution in [0, 0.1) is 41.4 Å². The zero-order valence-corrected chi connectivity index (χ0v) is 46.8. The molecule has 0 aromatic heterocycles. The lowest BCUT2D eigenvalue weighted by atomic mass is 9.78. The Labute approximate surface area is 443 Å². The molecule has 3 saturated heterocycles. The first-order valence-corrected chi connectivity index (χ1v) is 28.0. The molecular weight excluding hydrogens is 945 g/mol. The van der Waals surface area contributed by atoms with Gasteiger partial charge in [0.25, 0.3) is 11.7 Å². The number of esters is 1. The van der Waals surface area contributed by atoms with Crippen LogP contribution in [0.2, 0.25) is 0 Å². The van der Waals surface area contributed by atoms with Crippen molar-refractivity contribution in [1.82, 2.24) is 9.80 Å². The maximum Gasteiger partial charge on any atom is 0.329 e. The molecule has 15 heteroatoms. The van der Waals surface area contributed by atoms with Crippen LogP contribution in [0.15, 0.2) is 47.6 Å². The number of cyclic esters (lactones) is 1. The van der Waals surface area contributed by atoms with E-state index < -0.39 is 77.8 Å². The summed E-state index contributed by atoms with van der Waals surface area (Å²) in [6.45, 7) is 15.9. The summed E-state index contributed by atoms with van der Waals surface area (Å²) in [6, 6.07) is -1.13. The van der Waals surface area contributed by atoms with Gasteiger partial charge in [0, 0.05) is 65.1 Å². The Balaban J connectivity index is 1.41. The number of methoxy groups -OCH3 is 3. The van der Waals surface area contributed by atoms with Crippen molar-refractivity contribution >= 4 is 29.2 Å². The third-order valence-corrected chi connectivity index (χ3v) is 17.1. The number of carbonyl (C=O) groups is 5. The normalized spacial score (nSPS) is 37.6. The third kappa shape index (κ3) is 16.8. The number of ketones is 3. The Morgan fingerprint density at radius 2 is 1.53 bits per heavy atom. The molecule has 0 spiro atoms. The summed E-state index contributed by atoms with van der Waals surface area (Å²) in [4.78, 5) is 75.1. The highest BCUT2D eigenvalue weighted by molar-refractivity contribution is 6.39. The number of fused-ring (bicyclic) bond motifs is 3. The number of ether oxygens (including phenoxy) is 6. The molecule has 5 aliphatic rings. The summed E-state index contributed by atoms with van der Waals surface area (Å²) in [6.07, 6.45) is 16.3. The first-order valence-electron chi connectivity index (χ1n) is 28.0. The Bertz CT molecular complexity index is 1980. The van der Waals surface area contributed by atoms with Gasteiger partial charge < -0.3 is 48.4 Å². The summed E-state index contributed by atoms with van der Waals surface area (Å²) in [7, 11) is 6.88. The molecular formula is C59H94N2O13. The highest BCUT2D eigenvalue weighted by Crippen LogP contribution is 2.38. The van der Waals surface area contributed by atoms with Crippen molar-refractivity contribution in [3.63, 3.8) is 0 Å². The van der Waals surface area contributed by atoms with E-state index in [0.717, 1.165) is 44.3 Å². The van der Waals surface area contributed by atoms with E-state index in [2.05, 4.69) is 11.9 Å². The Kier molecular flexibility index (Phi) is 24.4. The lowest BCUT2D eigenvalue weighted by Crippen LogP contribution is -2.61. The lowest BCUT2D eigenvalue weighted by Gasteiger charge is -2.42. The number of aliphatic hydroxyl groups is 2. The number of carbonyl (C=O) groups excluding carboxylic acids is 5. The van der Waals surface area contributed by atoms with Gasteiger partial charge in [-0.2, -0.15) is 0 Å². The number of amides is 1. The van der Waals surface area contributed by atoms with Gasteiger partial charge in [0.15, 0.2) is 5.78 Å². The van der Waals surface area contributed by atoms with Gasteiger partial charge in [0.2, 0.25) is 5.79 Å². The molecule has 0 aromatic rings. The molecule has 74 heavy (non-hydrogen) atoms. The molecule has 4 fully saturated rings.